The van der Waals surface area contributed by atoms with E-state index < -0.39 is 15.8 Å². The summed E-state index contributed by atoms with van der Waals surface area (Å²) in [6, 6.07) is 9.54. The highest BCUT2D eigenvalue weighted by Gasteiger charge is 2.17. The average Bonchev–Trinajstić information content (AvgIpc) is 3.50. The van der Waals surface area contributed by atoms with Gasteiger partial charge in [-0.2, -0.15) is 5.10 Å². The third-order valence-corrected chi connectivity index (χ3v) is 6.57. The van der Waals surface area contributed by atoms with Crippen molar-refractivity contribution in [1.29, 1.82) is 0 Å². The van der Waals surface area contributed by atoms with Crippen LogP contribution in [-0.4, -0.2) is 54.9 Å². The second-order valence-corrected chi connectivity index (χ2v) is 10.5. The number of benzene rings is 1. The van der Waals surface area contributed by atoms with Gasteiger partial charge in [0.1, 0.15) is 17.3 Å². The molecule has 5 aromatic heterocycles. The van der Waals surface area contributed by atoms with E-state index in [9.17, 15) is 17.9 Å². The number of pyridine rings is 3. The number of aromatic nitrogens is 7. The first-order chi connectivity index (χ1) is 18.2. The molecule has 13 heteroatoms. The van der Waals surface area contributed by atoms with Gasteiger partial charge in [0.25, 0.3) is 0 Å². The van der Waals surface area contributed by atoms with Crippen molar-refractivity contribution >= 4 is 32.2 Å². The van der Waals surface area contributed by atoms with Crippen LogP contribution >= 0.6 is 0 Å². The number of aromatic hydroxyl groups is 1. The van der Waals surface area contributed by atoms with Crippen LogP contribution in [0.1, 0.15) is 5.56 Å². The molecule has 0 aliphatic heterocycles. The molecule has 6 aromatic rings. The van der Waals surface area contributed by atoms with Gasteiger partial charge in [-0.3, -0.25) is 10.1 Å². The first kappa shape index (κ1) is 23.6. The van der Waals surface area contributed by atoms with Crippen LogP contribution in [-0.2, 0) is 16.6 Å². The molecular weight excluding hydrogens is 511 g/mol. The highest BCUT2D eigenvalue weighted by Crippen LogP contribution is 2.32. The number of rotatable bonds is 6. The zero-order chi connectivity index (χ0) is 26.4. The van der Waals surface area contributed by atoms with Gasteiger partial charge in [0.15, 0.2) is 17.1 Å². The van der Waals surface area contributed by atoms with Crippen molar-refractivity contribution < 1.29 is 17.9 Å². The van der Waals surface area contributed by atoms with Crippen LogP contribution < -0.4 is 4.72 Å². The Kier molecular flexibility index (Phi) is 5.58. The van der Waals surface area contributed by atoms with E-state index in [4.69, 9.17) is 0 Å². The summed E-state index contributed by atoms with van der Waals surface area (Å²) >= 11 is 0. The van der Waals surface area contributed by atoms with Gasteiger partial charge in [0.05, 0.1) is 23.4 Å². The third-order valence-electron chi connectivity index (χ3n) is 5.90. The molecule has 0 aliphatic carbocycles. The van der Waals surface area contributed by atoms with Crippen LogP contribution in [0.15, 0.2) is 61.2 Å². The lowest BCUT2D eigenvalue weighted by Crippen LogP contribution is -2.21. The van der Waals surface area contributed by atoms with Crippen LogP contribution in [0, 0.1) is 5.82 Å². The van der Waals surface area contributed by atoms with Crippen molar-refractivity contribution in [3.05, 3.63) is 72.6 Å². The molecule has 5 heterocycles. The van der Waals surface area contributed by atoms with Gasteiger partial charge in [0, 0.05) is 41.8 Å². The second-order valence-electron chi connectivity index (χ2n) is 8.71. The molecule has 0 saturated heterocycles. The second kappa shape index (κ2) is 8.97. The minimum atomic E-state index is -3.44. The van der Waals surface area contributed by atoms with Crippen LogP contribution in [0.25, 0.3) is 56.0 Å². The smallest absolute Gasteiger partial charge is 0.209 e. The van der Waals surface area contributed by atoms with Crippen molar-refractivity contribution in [3.8, 4) is 39.5 Å². The van der Waals surface area contributed by atoms with Gasteiger partial charge < -0.3 is 10.1 Å². The van der Waals surface area contributed by atoms with E-state index in [0.717, 1.165) is 11.8 Å². The number of hydrogen-bond acceptors (Lipinski definition) is 8. The number of sulfonamides is 1. The van der Waals surface area contributed by atoms with Gasteiger partial charge in [0.2, 0.25) is 10.0 Å². The number of fused-ring (bicyclic) bond motifs is 2. The molecule has 0 aliphatic rings. The fraction of sp³-hybridized carbons (Fsp3) is 0.0800. The maximum absolute atomic E-state index is 14.5. The molecular formula is C25H19FN8O3S. The summed E-state index contributed by atoms with van der Waals surface area (Å²) < 4.78 is 39.8. The molecule has 0 spiro atoms. The van der Waals surface area contributed by atoms with Crippen molar-refractivity contribution in [1.82, 2.24) is 39.8 Å². The molecule has 1 aromatic carbocycles. The monoisotopic (exact) mass is 530 g/mol. The summed E-state index contributed by atoms with van der Waals surface area (Å²) in [5.74, 6) is -0.0126. The maximum atomic E-state index is 14.5. The molecule has 0 bridgehead atoms. The first-order valence-electron chi connectivity index (χ1n) is 11.3. The zero-order valence-corrected chi connectivity index (χ0v) is 20.6. The van der Waals surface area contributed by atoms with Crippen molar-refractivity contribution in [2.45, 2.75) is 6.54 Å². The van der Waals surface area contributed by atoms with Crippen molar-refractivity contribution in [2.75, 3.05) is 6.26 Å². The zero-order valence-electron chi connectivity index (χ0n) is 19.8. The Hall–Kier alpha value is -4.75. The lowest BCUT2D eigenvalue weighted by molar-refractivity contribution is 0.473. The predicted octanol–water partition coefficient (Wildman–Crippen LogP) is 3.52. The quantitative estimate of drug-likeness (QED) is 0.254. The number of aromatic amines is 2. The van der Waals surface area contributed by atoms with Crippen molar-refractivity contribution in [2.24, 2.45) is 0 Å². The SMILES string of the molecule is CS(=O)(=O)NCc1cc(F)cc(-c2ccnc3nc(-c4[nH]nc5ncc(-c6cncc(O)c6)cc45)[nH]c23)c1. The number of halogens is 1. The molecule has 190 valence electrons. The highest BCUT2D eigenvalue weighted by atomic mass is 32.2. The molecule has 0 unspecified atom stereocenters. The fourth-order valence-corrected chi connectivity index (χ4v) is 4.64. The predicted molar refractivity (Wildman–Crippen MR) is 139 cm³/mol. The third kappa shape index (κ3) is 4.55. The fourth-order valence-electron chi connectivity index (χ4n) is 4.22. The standard InChI is InChI=1S/C25H19FN8O3S/c1-38(36,37)30-9-13-4-14(6-17(26)5-13)19-2-3-28-24-21(19)31-25(32-24)22-20-8-16(11-29-23(20)34-33-22)15-7-18(35)12-27-10-15/h2-8,10-12,30,35H,9H2,1H3,(H,28,31,32)(H,29,33,34). The summed E-state index contributed by atoms with van der Waals surface area (Å²) in [7, 11) is -3.44. The number of nitrogens with zero attached hydrogens (tertiary/aromatic N) is 5. The Morgan fingerprint density at radius 2 is 1.84 bits per heavy atom. The lowest BCUT2D eigenvalue weighted by Gasteiger charge is -2.08. The van der Waals surface area contributed by atoms with E-state index in [-0.39, 0.29) is 12.3 Å². The van der Waals surface area contributed by atoms with Gasteiger partial charge in [-0.15, -0.1) is 0 Å². The molecule has 0 radical (unpaired) electrons. The first-order valence-corrected chi connectivity index (χ1v) is 13.2. The van der Waals surface area contributed by atoms with Gasteiger partial charge in [-0.1, -0.05) is 0 Å². The number of H-pyrrole nitrogens is 2. The van der Waals surface area contributed by atoms with Crippen LogP contribution in [0.3, 0.4) is 0 Å². The molecule has 0 amide bonds. The minimum absolute atomic E-state index is 0.0403. The summed E-state index contributed by atoms with van der Waals surface area (Å²) in [5, 5.41) is 17.7. The van der Waals surface area contributed by atoms with Gasteiger partial charge in [-0.05, 0) is 47.5 Å². The van der Waals surface area contributed by atoms with Crippen LogP contribution in [0.4, 0.5) is 4.39 Å². The summed E-state index contributed by atoms with van der Waals surface area (Å²) in [6.45, 7) is -0.0454. The van der Waals surface area contributed by atoms with E-state index in [1.54, 1.807) is 36.8 Å². The van der Waals surface area contributed by atoms with Crippen LogP contribution in [0.2, 0.25) is 0 Å². The molecule has 4 N–H and O–H groups in total. The molecule has 0 atom stereocenters. The van der Waals surface area contributed by atoms with Crippen LogP contribution in [0.5, 0.6) is 5.75 Å². The molecule has 0 saturated carbocycles. The Labute approximate surface area is 214 Å². The minimum Gasteiger partial charge on any atom is -0.506 e. The Morgan fingerprint density at radius 1 is 1.00 bits per heavy atom. The van der Waals surface area contributed by atoms with E-state index in [2.05, 4.69) is 39.8 Å². The summed E-state index contributed by atoms with van der Waals surface area (Å²) in [4.78, 5) is 20.7. The normalized spacial score (nSPS) is 11.9. The van der Waals surface area contributed by atoms with Crippen molar-refractivity contribution in [3.63, 3.8) is 0 Å². The molecule has 0 fully saturated rings. The largest absolute Gasteiger partial charge is 0.506 e. The maximum Gasteiger partial charge on any atom is 0.209 e. The average molecular weight is 531 g/mol. The van der Waals surface area contributed by atoms with E-state index >= 15 is 0 Å². The summed E-state index contributed by atoms with van der Waals surface area (Å²) in [5.41, 5.74) is 5.08. The Morgan fingerprint density at radius 3 is 2.66 bits per heavy atom. The van der Waals surface area contributed by atoms with E-state index in [0.29, 0.717) is 56.0 Å². The number of hydrogen-bond donors (Lipinski definition) is 4. The lowest BCUT2D eigenvalue weighted by atomic mass is 10.0. The van der Waals surface area contributed by atoms with E-state index in [1.165, 1.54) is 18.3 Å². The molecule has 11 nitrogen and oxygen atoms in total. The van der Waals surface area contributed by atoms with Gasteiger partial charge in [-0.25, -0.2) is 32.5 Å². The number of imidazole rings is 1. The highest BCUT2D eigenvalue weighted by molar-refractivity contribution is 7.88. The molecule has 38 heavy (non-hydrogen) atoms. The number of nitrogens with one attached hydrogen (secondary N) is 3. The molecule has 6 rings (SSSR count). The Bertz CT molecular complexity index is 1950. The van der Waals surface area contributed by atoms with E-state index in [1.807, 2.05) is 6.07 Å². The topological polar surface area (TPSA) is 162 Å². The summed E-state index contributed by atoms with van der Waals surface area (Å²) in [6.07, 6.45) is 7.23. The Balaban J connectivity index is 1.43. The van der Waals surface area contributed by atoms with Gasteiger partial charge >= 0.3 is 0 Å².